The topological polar surface area (TPSA) is 49.3 Å². The predicted octanol–water partition coefficient (Wildman–Crippen LogP) is 1.24. The van der Waals surface area contributed by atoms with Crippen LogP contribution in [-0.4, -0.2) is 23.7 Å². The number of nitrogens with one attached hydrogen (secondary N) is 1. The molecule has 0 aromatic heterocycles. The lowest BCUT2D eigenvalue weighted by Gasteiger charge is -2.26. The average molecular weight is 171 g/mol. The van der Waals surface area contributed by atoms with Gasteiger partial charge in [-0.3, -0.25) is 4.79 Å². The van der Waals surface area contributed by atoms with Gasteiger partial charge < -0.3 is 10.4 Å². The minimum Gasteiger partial charge on any atom is -0.481 e. The van der Waals surface area contributed by atoms with Crippen molar-refractivity contribution >= 4 is 5.97 Å². The summed E-state index contributed by atoms with van der Waals surface area (Å²) >= 11 is 0. The van der Waals surface area contributed by atoms with E-state index in [0.29, 0.717) is 0 Å². The van der Waals surface area contributed by atoms with Gasteiger partial charge in [-0.15, -0.1) is 0 Å². The van der Waals surface area contributed by atoms with Crippen LogP contribution < -0.4 is 5.32 Å². The summed E-state index contributed by atoms with van der Waals surface area (Å²) < 4.78 is 0. The fourth-order valence-electron chi connectivity index (χ4n) is 1.40. The minimum absolute atomic E-state index is 0.114. The highest BCUT2D eigenvalue weighted by Crippen LogP contribution is 2.25. The molecule has 1 aliphatic rings. The van der Waals surface area contributed by atoms with E-state index in [2.05, 4.69) is 5.32 Å². The molecule has 1 rings (SSSR count). The van der Waals surface area contributed by atoms with Crippen LogP contribution in [0.3, 0.4) is 0 Å². The zero-order valence-corrected chi connectivity index (χ0v) is 7.55. The fraction of sp³-hybridized carbons (Fsp3) is 0.889. The zero-order valence-electron chi connectivity index (χ0n) is 7.55. The van der Waals surface area contributed by atoms with Gasteiger partial charge in [0.1, 0.15) is 0 Å². The van der Waals surface area contributed by atoms with Gasteiger partial charge in [-0.25, -0.2) is 0 Å². The molecule has 70 valence electrons. The maximum Gasteiger partial charge on any atom is 0.304 e. The number of carboxylic acid groups (broad SMARTS) is 1. The average Bonchev–Trinajstić information content (AvgIpc) is 1.81. The van der Waals surface area contributed by atoms with E-state index in [4.69, 9.17) is 5.11 Å². The van der Waals surface area contributed by atoms with Crippen LogP contribution in [0.15, 0.2) is 0 Å². The van der Waals surface area contributed by atoms with Crippen LogP contribution in [0.2, 0.25) is 0 Å². The van der Waals surface area contributed by atoms with Gasteiger partial charge in [0.25, 0.3) is 0 Å². The van der Waals surface area contributed by atoms with E-state index in [1.165, 1.54) is 19.3 Å². The molecular formula is C9H17NO2. The van der Waals surface area contributed by atoms with Crippen molar-refractivity contribution in [2.75, 3.05) is 6.54 Å². The number of carbonyl (C=O) groups is 1. The van der Waals surface area contributed by atoms with Crippen molar-refractivity contribution in [1.29, 1.82) is 0 Å². The third-order valence-corrected chi connectivity index (χ3v) is 2.46. The standard InChI is InChI=1S/C9H17NO2/c1-7(5-9(11)12)10-6-8-3-2-4-8/h7-8,10H,2-6H2,1H3,(H,11,12). The zero-order chi connectivity index (χ0) is 8.97. The van der Waals surface area contributed by atoms with Crippen molar-refractivity contribution in [3.8, 4) is 0 Å². The molecule has 0 aliphatic heterocycles. The van der Waals surface area contributed by atoms with Crippen LogP contribution in [0.5, 0.6) is 0 Å². The van der Waals surface area contributed by atoms with E-state index in [0.717, 1.165) is 12.5 Å². The van der Waals surface area contributed by atoms with Crippen molar-refractivity contribution < 1.29 is 9.90 Å². The Kier molecular flexibility index (Phi) is 3.53. The molecule has 1 unspecified atom stereocenters. The van der Waals surface area contributed by atoms with Crippen molar-refractivity contribution in [2.45, 2.75) is 38.6 Å². The molecule has 1 atom stereocenters. The second-order valence-electron chi connectivity index (χ2n) is 3.70. The molecule has 0 bridgehead atoms. The Hall–Kier alpha value is -0.570. The Morgan fingerprint density at radius 3 is 2.75 bits per heavy atom. The predicted molar refractivity (Wildman–Crippen MR) is 47.1 cm³/mol. The van der Waals surface area contributed by atoms with Gasteiger partial charge in [0.2, 0.25) is 0 Å². The molecule has 0 saturated heterocycles. The van der Waals surface area contributed by atoms with Gasteiger partial charge in [-0.1, -0.05) is 6.42 Å². The van der Waals surface area contributed by atoms with E-state index in [9.17, 15) is 4.79 Å². The van der Waals surface area contributed by atoms with Crippen LogP contribution in [0.1, 0.15) is 32.6 Å². The second kappa shape index (κ2) is 4.45. The van der Waals surface area contributed by atoms with Crippen LogP contribution in [0, 0.1) is 5.92 Å². The van der Waals surface area contributed by atoms with Crippen molar-refractivity contribution in [3.05, 3.63) is 0 Å². The van der Waals surface area contributed by atoms with Gasteiger partial charge in [-0.2, -0.15) is 0 Å². The minimum atomic E-state index is -0.719. The molecule has 1 fully saturated rings. The highest BCUT2D eigenvalue weighted by molar-refractivity contribution is 5.67. The summed E-state index contributed by atoms with van der Waals surface area (Å²) in [7, 11) is 0. The quantitative estimate of drug-likeness (QED) is 0.654. The molecule has 0 heterocycles. The summed E-state index contributed by atoms with van der Waals surface area (Å²) in [6.07, 6.45) is 4.20. The molecule has 0 spiro atoms. The molecule has 0 amide bonds. The molecule has 1 aliphatic carbocycles. The lowest BCUT2D eigenvalue weighted by Crippen LogP contribution is -2.34. The largest absolute Gasteiger partial charge is 0.481 e. The highest BCUT2D eigenvalue weighted by atomic mass is 16.4. The third-order valence-electron chi connectivity index (χ3n) is 2.46. The fourth-order valence-corrected chi connectivity index (χ4v) is 1.40. The van der Waals surface area contributed by atoms with Crippen molar-refractivity contribution in [2.24, 2.45) is 5.92 Å². The monoisotopic (exact) mass is 171 g/mol. The summed E-state index contributed by atoms with van der Waals surface area (Å²) in [4.78, 5) is 10.3. The first-order chi connectivity index (χ1) is 5.68. The molecule has 12 heavy (non-hydrogen) atoms. The van der Waals surface area contributed by atoms with Gasteiger partial charge in [0.15, 0.2) is 0 Å². The lowest BCUT2D eigenvalue weighted by molar-refractivity contribution is -0.137. The number of hydrogen-bond donors (Lipinski definition) is 2. The molecule has 0 aromatic rings. The first-order valence-corrected chi connectivity index (χ1v) is 4.63. The summed E-state index contributed by atoms with van der Waals surface area (Å²) in [6.45, 7) is 2.92. The van der Waals surface area contributed by atoms with Crippen LogP contribution in [0.25, 0.3) is 0 Å². The normalized spacial score (nSPS) is 20.1. The summed E-state index contributed by atoms with van der Waals surface area (Å²) in [5.74, 6) is 0.0878. The Morgan fingerprint density at radius 2 is 2.33 bits per heavy atom. The van der Waals surface area contributed by atoms with E-state index in [1.807, 2.05) is 6.92 Å². The Balaban J connectivity index is 2.00. The molecular weight excluding hydrogens is 154 g/mol. The Morgan fingerprint density at radius 1 is 1.67 bits per heavy atom. The van der Waals surface area contributed by atoms with Gasteiger partial charge in [0.05, 0.1) is 6.42 Å². The van der Waals surface area contributed by atoms with Crippen LogP contribution >= 0.6 is 0 Å². The van der Waals surface area contributed by atoms with Crippen LogP contribution in [-0.2, 0) is 4.79 Å². The van der Waals surface area contributed by atoms with Crippen LogP contribution in [0.4, 0.5) is 0 Å². The molecule has 0 radical (unpaired) electrons. The Labute approximate surface area is 73.2 Å². The lowest BCUT2D eigenvalue weighted by atomic mass is 9.85. The van der Waals surface area contributed by atoms with Crippen molar-refractivity contribution in [3.63, 3.8) is 0 Å². The third kappa shape index (κ3) is 3.22. The van der Waals surface area contributed by atoms with E-state index < -0.39 is 5.97 Å². The molecule has 1 saturated carbocycles. The first-order valence-electron chi connectivity index (χ1n) is 4.63. The Bertz CT molecular complexity index is 155. The number of hydrogen-bond acceptors (Lipinski definition) is 2. The molecule has 3 nitrogen and oxygen atoms in total. The van der Waals surface area contributed by atoms with Gasteiger partial charge in [-0.05, 0) is 32.2 Å². The SMILES string of the molecule is CC(CC(=O)O)NCC1CCC1. The molecule has 2 N–H and O–H groups in total. The summed E-state index contributed by atoms with van der Waals surface area (Å²) in [5.41, 5.74) is 0. The maximum absolute atomic E-state index is 10.3. The highest BCUT2D eigenvalue weighted by Gasteiger charge is 2.17. The number of carboxylic acids is 1. The van der Waals surface area contributed by atoms with E-state index in [1.54, 1.807) is 0 Å². The van der Waals surface area contributed by atoms with E-state index >= 15 is 0 Å². The summed E-state index contributed by atoms with van der Waals surface area (Å²) in [6, 6.07) is 0.114. The number of rotatable bonds is 5. The first kappa shape index (κ1) is 9.52. The van der Waals surface area contributed by atoms with E-state index in [-0.39, 0.29) is 12.5 Å². The maximum atomic E-state index is 10.3. The molecule has 3 heteroatoms. The number of aliphatic carboxylic acids is 1. The smallest absolute Gasteiger partial charge is 0.304 e. The van der Waals surface area contributed by atoms with Gasteiger partial charge in [0, 0.05) is 6.04 Å². The summed E-state index contributed by atoms with van der Waals surface area (Å²) in [5, 5.41) is 11.7. The molecule has 0 aromatic carbocycles. The second-order valence-corrected chi connectivity index (χ2v) is 3.70. The van der Waals surface area contributed by atoms with Gasteiger partial charge >= 0.3 is 5.97 Å². The van der Waals surface area contributed by atoms with Crippen molar-refractivity contribution in [1.82, 2.24) is 5.32 Å².